The number of hydrogen-bond acceptors (Lipinski definition) is 5. The summed E-state index contributed by atoms with van der Waals surface area (Å²) in [5, 5.41) is 16.0. The number of aromatic nitrogens is 1. The summed E-state index contributed by atoms with van der Waals surface area (Å²) in [7, 11) is 3.82. The number of carbonyl (C=O) groups excluding carboxylic acids is 1. The van der Waals surface area contributed by atoms with Gasteiger partial charge in [-0.3, -0.25) is 9.78 Å². The number of pyridine rings is 1. The van der Waals surface area contributed by atoms with Crippen LogP contribution in [0.3, 0.4) is 0 Å². The van der Waals surface area contributed by atoms with E-state index in [1.807, 2.05) is 19.0 Å². The van der Waals surface area contributed by atoms with E-state index in [0.29, 0.717) is 40.1 Å². The van der Waals surface area contributed by atoms with Crippen molar-refractivity contribution in [3.63, 3.8) is 0 Å². The second-order valence-electron chi connectivity index (χ2n) is 6.80. The minimum Gasteiger partial charge on any atom is -0.354 e. The zero-order valence-corrected chi connectivity index (χ0v) is 17.2. The van der Waals surface area contributed by atoms with Crippen molar-refractivity contribution in [2.75, 3.05) is 31.3 Å². The van der Waals surface area contributed by atoms with Crippen LogP contribution in [-0.2, 0) is 4.79 Å². The first-order valence-electron chi connectivity index (χ1n) is 9.04. The lowest BCUT2D eigenvalue weighted by Crippen LogP contribution is -2.12. The van der Waals surface area contributed by atoms with E-state index in [-0.39, 0.29) is 10.9 Å². The van der Waals surface area contributed by atoms with Gasteiger partial charge in [0.15, 0.2) is 0 Å². The number of likely N-dealkylation sites (N-methyl/N-ethyl adjacent to an activating group) is 1. The molecule has 1 aromatic heterocycles. The number of halogens is 2. The molecule has 2 aromatic carbocycles. The molecule has 30 heavy (non-hydrogen) atoms. The largest absolute Gasteiger partial charge is 0.354 e. The van der Waals surface area contributed by atoms with E-state index in [1.54, 1.807) is 24.3 Å². The Balaban J connectivity index is 1.95. The monoisotopic (exact) mass is 423 g/mol. The lowest BCUT2D eigenvalue weighted by atomic mass is 10.1. The van der Waals surface area contributed by atoms with Gasteiger partial charge in [-0.25, -0.2) is 4.39 Å². The number of nitrogens with zero attached hydrogens (tertiary/aromatic N) is 3. The molecule has 0 saturated carbocycles. The van der Waals surface area contributed by atoms with E-state index in [9.17, 15) is 14.4 Å². The fraction of sp³-hybridized carbons (Fsp3) is 0.136. The number of anilines is 3. The maximum atomic E-state index is 13.5. The van der Waals surface area contributed by atoms with Crippen LogP contribution in [0.25, 0.3) is 10.9 Å². The first-order chi connectivity index (χ1) is 14.4. The van der Waals surface area contributed by atoms with Crippen LogP contribution in [0.4, 0.5) is 21.5 Å². The summed E-state index contributed by atoms with van der Waals surface area (Å²) in [5.74, 6) is -0.796. The third-order valence-corrected chi connectivity index (χ3v) is 4.47. The Bertz CT molecular complexity index is 1170. The Hall–Kier alpha value is -3.47. The molecule has 6 nitrogen and oxygen atoms in total. The SMILES string of the molecule is CN(C)C/C=C/C(=O)Nc1ccc2ncc(C#N)c(Nc3ccc(F)c(Cl)c3)c2c1. The molecule has 0 unspecified atom stereocenters. The van der Waals surface area contributed by atoms with Crippen molar-refractivity contribution < 1.29 is 9.18 Å². The number of nitriles is 1. The van der Waals surface area contributed by atoms with Gasteiger partial charge in [-0.15, -0.1) is 0 Å². The summed E-state index contributed by atoms with van der Waals surface area (Å²) in [6, 6.07) is 11.5. The number of nitrogens with one attached hydrogen (secondary N) is 2. The van der Waals surface area contributed by atoms with Crippen LogP contribution >= 0.6 is 11.6 Å². The van der Waals surface area contributed by atoms with Gasteiger partial charge in [-0.05, 0) is 50.5 Å². The van der Waals surface area contributed by atoms with Crippen molar-refractivity contribution >= 4 is 45.5 Å². The first-order valence-corrected chi connectivity index (χ1v) is 9.42. The Morgan fingerprint density at radius 2 is 2.03 bits per heavy atom. The van der Waals surface area contributed by atoms with Crippen molar-refractivity contribution in [3.05, 3.63) is 71.2 Å². The molecule has 3 aromatic rings. The molecule has 1 heterocycles. The number of rotatable bonds is 6. The van der Waals surface area contributed by atoms with Gasteiger partial charge in [0.1, 0.15) is 11.9 Å². The molecule has 0 aliphatic heterocycles. The first kappa shape index (κ1) is 21.2. The van der Waals surface area contributed by atoms with Gasteiger partial charge in [0.05, 0.1) is 21.8 Å². The van der Waals surface area contributed by atoms with E-state index in [1.165, 1.54) is 30.5 Å². The molecule has 0 radical (unpaired) electrons. The van der Waals surface area contributed by atoms with Crippen LogP contribution in [0.15, 0.2) is 54.7 Å². The van der Waals surface area contributed by atoms with Gasteiger partial charge in [0, 0.05) is 35.6 Å². The zero-order chi connectivity index (χ0) is 21.7. The van der Waals surface area contributed by atoms with Gasteiger partial charge >= 0.3 is 0 Å². The molecule has 0 fully saturated rings. The predicted octanol–water partition coefficient (Wildman–Crippen LogP) is 4.70. The third-order valence-electron chi connectivity index (χ3n) is 4.18. The normalized spacial score (nSPS) is 11.1. The molecule has 1 amide bonds. The second kappa shape index (κ2) is 9.35. The highest BCUT2D eigenvalue weighted by atomic mass is 35.5. The van der Waals surface area contributed by atoms with Crippen molar-refractivity contribution in [3.8, 4) is 6.07 Å². The van der Waals surface area contributed by atoms with Crippen molar-refractivity contribution in [2.45, 2.75) is 0 Å². The number of fused-ring (bicyclic) bond motifs is 1. The lowest BCUT2D eigenvalue weighted by molar-refractivity contribution is -0.111. The highest BCUT2D eigenvalue weighted by molar-refractivity contribution is 6.31. The molecule has 2 N–H and O–H groups in total. The van der Waals surface area contributed by atoms with Crippen molar-refractivity contribution in [2.24, 2.45) is 0 Å². The quantitative estimate of drug-likeness (QED) is 0.562. The maximum absolute atomic E-state index is 13.5. The van der Waals surface area contributed by atoms with Gasteiger partial charge in [-0.2, -0.15) is 5.26 Å². The molecule has 0 bridgehead atoms. The fourth-order valence-electron chi connectivity index (χ4n) is 2.76. The number of benzene rings is 2. The standard InChI is InChI=1S/C22H19ClFN5O/c1-29(2)9-3-4-21(30)27-15-6-8-20-17(10-15)22(14(12-25)13-26-20)28-16-5-7-19(24)18(23)11-16/h3-8,10-11,13H,9H2,1-2H3,(H,26,28)(H,27,30)/b4-3+. The Morgan fingerprint density at radius 1 is 1.27 bits per heavy atom. The average molecular weight is 424 g/mol. The number of hydrogen-bond donors (Lipinski definition) is 2. The molecule has 0 spiro atoms. The highest BCUT2D eigenvalue weighted by Crippen LogP contribution is 2.32. The Labute approximate surface area is 178 Å². The predicted molar refractivity (Wildman–Crippen MR) is 117 cm³/mol. The topological polar surface area (TPSA) is 81.1 Å². The van der Waals surface area contributed by atoms with Gasteiger partial charge in [-0.1, -0.05) is 17.7 Å². The molecule has 0 saturated heterocycles. The van der Waals surface area contributed by atoms with Crippen LogP contribution < -0.4 is 10.6 Å². The van der Waals surface area contributed by atoms with E-state index in [2.05, 4.69) is 21.7 Å². The number of amides is 1. The minimum atomic E-state index is -0.533. The average Bonchev–Trinajstić information content (AvgIpc) is 2.70. The summed E-state index contributed by atoms with van der Waals surface area (Å²) in [6.07, 6.45) is 4.68. The third kappa shape index (κ3) is 5.11. The van der Waals surface area contributed by atoms with Crippen molar-refractivity contribution in [1.82, 2.24) is 9.88 Å². The van der Waals surface area contributed by atoms with E-state index in [0.717, 1.165) is 0 Å². The van der Waals surface area contributed by atoms with E-state index in [4.69, 9.17) is 11.6 Å². The molecular weight excluding hydrogens is 405 g/mol. The van der Waals surface area contributed by atoms with Crippen LogP contribution in [0.5, 0.6) is 0 Å². The van der Waals surface area contributed by atoms with Crippen molar-refractivity contribution in [1.29, 1.82) is 5.26 Å². The number of carbonyl (C=O) groups is 1. The molecular formula is C22H19ClFN5O. The van der Waals surface area contributed by atoms with E-state index >= 15 is 0 Å². The Kier molecular flexibility index (Phi) is 6.62. The smallest absolute Gasteiger partial charge is 0.248 e. The molecule has 0 aliphatic carbocycles. The fourth-order valence-corrected chi connectivity index (χ4v) is 2.94. The summed E-state index contributed by atoms with van der Waals surface area (Å²) in [6.45, 7) is 0.648. The summed E-state index contributed by atoms with van der Waals surface area (Å²) < 4.78 is 13.5. The van der Waals surface area contributed by atoms with Crippen LogP contribution in [0, 0.1) is 17.1 Å². The second-order valence-corrected chi connectivity index (χ2v) is 7.21. The van der Waals surface area contributed by atoms with E-state index < -0.39 is 5.82 Å². The molecule has 152 valence electrons. The summed E-state index contributed by atoms with van der Waals surface area (Å²) in [5.41, 5.74) is 2.50. The molecule has 3 rings (SSSR count). The summed E-state index contributed by atoms with van der Waals surface area (Å²) >= 11 is 5.87. The highest BCUT2D eigenvalue weighted by Gasteiger charge is 2.12. The molecule has 8 heteroatoms. The lowest BCUT2D eigenvalue weighted by Gasteiger charge is -2.13. The van der Waals surface area contributed by atoms with Gasteiger partial charge in [0.2, 0.25) is 5.91 Å². The summed E-state index contributed by atoms with van der Waals surface area (Å²) in [4.78, 5) is 18.4. The van der Waals surface area contributed by atoms with Gasteiger partial charge < -0.3 is 15.5 Å². The Morgan fingerprint density at radius 3 is 2.73 bits per heavy atom. The zero-order valence-electron chi connectivity index (χ0n) is 16.4. The maximum Gasteiger partial charge on any atom is 0.248 e. The van der Waals surface area contributed by atoms with Crippen LogP contribution in [0.1, 0.15) is 5.56 Å². The minimum absolute atomic E-state index is 0.0330. The molecule has 0 atom stereocenters. The molecule has 0 aliphatic rings. The van der Waals surface area contributed by atoms with Gasteiger partial charge in [0.25, 0.3) is 0 Å². The van der Waals surface area contributed by atoms with Crippen LogP contribution in [-0.4, -0.2) is 36.4 Å². The van der Waals surface area contributed by atoms with Crippen LogP contribution in [0.2, 0.25) is 5.02 Å².